The first kappa shape index (κ1) is 18.8. The number of anilines is 2. The van der Waals surface area contributed by atoms with Crippen molar-refractivity contribution >= 4 is 51.7 Å². The second-order valence-corrected chi connectivity index (χ2v) is 8.27. The van der Waals surface area contributed by atoms with Crippen LogP contribution in [0.3, 0.4) is 0 Å². The first-order valence-electron chi connectivity index (χ1n) is 8.90. The van der Waals surface area contributed by atoms with Crippen LogP contribution in [-0.4, -0.2) is 40.5 Å². The second-order valence-electron chi connectivity index (χ2n) is 6.69. The summed E-state index contributed by atoms with van der Waals surface area (Å²) in [6.45, 7) is 2.81. The Labute approximate surface area is 172 Å². The molecule has 2 aliphatic heterocycles. The van der Waals surface area contributed by atoms with Gasteiger partial charge < -0.3 is 10.2 Å². The van der Waals surface area contributed by atoms with Gasteiger partial charge in [-0.3, -0.25) is 14.5 Å². The van der Waals surface area contributed by atoms with Gasteiger partial charge in [0.25, 0.3) is 0 Å². The Morgan fingerprint density at radius 3 is 2.82 bits per heavy atom. The molecule has 1 unspecified atom stereocenters. The maximum atomic E-state index is 12.8. The maximum absolute atomic E-state index is 12.8. The molecule has 0 saturated carbocycles. The average Bonchev–Trinajstić information content (AvgIpc) is 2.99. The summed E-state index contributed by atoms with van der Waals surface area (Å²) in [5.41, 5.74) is 2.64. The molecule has 1 saturated heterocycles. The molecule has 28 heavy (non-hydrogen) atoms. The Morgan fingerprint density at radius 1 is 1.29 bits per heavy atom. The molecular formula is C20H19ClN4O2S. The fraction of sp³-hybridized carbons (Fsp3) is 0.250. The Hall–Kier alpha value is -2.51. The molecule has 6 nitrogen and oxygen atoms in total. The van der Waals surface area contributed by atoms with Gasteiger partial charge in [0.2, 0.25) is 11.8 Å². The lowest BCUT2D eigenvalue weighted by atomic mass is 10.2. The zero-order valence-electron chi connectivity index (χ0n) is 15.3. The van der Waals surface area contributed by atoms with Crippen molar-refractivity contribution < 1.29 is 9.59 Å². The van der Waals surface area contributed by atoms with E-state index in [-0.39, 0.29) is 18.2 Å². The lowest BCUT2D eigenvalue weighted by Gasteiger charge is -2.32. The highest BCUT2D eigenvalue weighted by Crippen LogP contribution is 2.33. The van der Waals surface area contributed by atoms with E-state index in [0.29, 0.717) is 23.5 Å². The quantitative estimate of drug-likeness (QED) is 0.828. The molecular weight excluding hydrogens is 396 g/mol. The largest absolute Gasteiger partial charge is 0.334 e. The van der Waals surface area contributed by atoms with Crippen LogP contribution in [0.5, 0.6) is 0 Å². The molecule has 2 aromatic rings. The molecule has 2 aromatic carbocycles. The lowest BCUT2D eigenvalue weighted by Crippen LogP contribution is -2.46. The molecule has 1 fully saturated rings. The van der Waals surface area contributed by atoms with Gasteiger partial charge in [-0.05, 0) is 36.8 Å². The molecule has 144 valence electrons. The third-order valence-electron chi connectivity index (χ3n) is 4.66. The van der Waals surface area contributed by atoms with Gasteiger partial charge in [0.1, 0.15) is 18.6 Å². The van der Waals surface area contributed by atoms with Crippen molar-refractivity contribution in [1.29, 1.82) is 0 Å². The summed E-state index contributed by atoms with van der Waals surface area (Å²) in [6, 6.07) is 15.0. The van der Waals surface area contributed by atoms with Crippen LogP contribution in [-0.2, 0) is 9.59 Å². The highest BCUT2D eigenvalue weighted by molar-refractivity contribution is 8.15. The molecule has 2 amide bonds. The number of carbonyl (C=O) groups excluding carboxylic acids is 2. The number of hydrogen-bond donors (Lipinski definition) is 1. The van der Waals surface area contributed by atoms with Crippen molar-refractivity contribution in [2.75, 3.05) is 23.6 Å². The van der Waals surface area contributed by atoms with Crippen LogP contribution in [0, 0.1) is 6.92 Å². The van der Waals surface area contributed by atoms with Crippen LogP contribution in [0.4, 0.5) is 11.4 Å². The summed E-state index contributed by atoms with van der Waals surface area (Å²) in [5, 5.41) is 3.74. The zero-order chi connectivity index (χ0) is 19.7. The number of aliphatic imine (C=N–C) groups is 1. The Balaban J connectivity index is 1.41. The zero-order valence-corrected chi connectivity index (χ0v) is 16.8. The van der Waals surface area contributed by atoms with Gasteiger partial charge in [-0.1, -0.05) is 47.6 Å². The molecule has 0 spiro atoms. The van der Waals surface area contributed by atoms with E-state index in [4.69, 9.17) is 11.6 Å². The number of amidine groups is 1. The fourth-order valence-electron chi connectivity index (χ4n) is 3.10. The Morgan fingerprint density at radius 2 is 2.07 bits per heavy atom. The van der Waals surface area contributed by atoms with E-state index in [0.717, 1.165) is 16.9 Å². The maximum Gasteiger partial charge on any atom is 0.244 e. The topological polar surface area (TPSA) is 65.0 Å². The molecule has 0 aromatic heterocycles. The minimum absolute atomic E-state index is 0.0881. The van der Waals surface area contributed by atoms with Crippen LogP contribution in [0.2, 0.25) is 5.02 Å². The van der Waals surface area contributed by atoms with E-state index in [2.05, 4.69) is 10.3 Å². The standard InChI is InChI=1S/C20H19ClN4O2S/c1-13-7-8-15(9-16(13)21)24-11-22-20-25(12-24)19(27)17(28-20)10-18(26)23-14-5-3-2-4-6-14/h2-9,17H,10-12H2,1H3,(H,23,26). The number of aryl methyl sites for hydroxylation is 1. The molecule has 1 N–H and O–H groups in total. The van der Waals surface area contributed by atoms with Crippen LogP contribution in [0.25, 0.3) is 0 Å². The first-order chi connectivity index (χ1) is 13.5. The predicted octanol–water partition coefficient (Wildman–Crippen LogP) is 3.71. The van der Waals surface area contributed by atoms with E-state index < -0.39 is 5.25 Å². The minimum atomic E-state index is -0.455. The number of nitrogens with zero attached hydrogens (tertiary/aromatic N) is 3. The van der Waals surface area contributed by atoms with E-state index in [9.17, 15) is 9.59 Å². The van der Waals surface area contributed by atoms with E-state index in [1.165, 1.54) is 11.8 Å². The fourth-order valence-corrected chi connectivity index (χ4v) is 4.40. The van der Waals surface area contributed by atoms with Gasteiger partial charge in [-0.15, -0.1) is 0 Å². The number of nitrogens with one attached hydrogen (secondary N) is 1. The number of halogens is 1. The summed E-state index contributed by atoms with van der Waals surface area (Å²) >= 11 is 7.59. The van der Waals surface area contributed by atoms with Crippen LogP contribution >= 0.6 is 23.4 Å². The van der Waals surface area contributed by atoms with Crippen molar-refractivity contribution in [3.63, 3.8) is 0 Å². The monoisotopic (exact) mass is 414 g/mol. The van der Waals surface area contributed by atoms with E-state index in [1.807, 2.05) is 60.4 Å². The number of benzene rings is 2. The summed E-state index contributed by atoms with van der Waals surface area (Å²) in [7, 11) is 0. The van der Waals surface area contributed by atoms with Crippen LogP contribution in [0.15, 0.2) is 53.5 Å². The van der Waals surface area contributed by atoms with Crippen molar-refractivity contribution in [3.8, 4) is 0 Å². The summed E-state index contributed by atoms with van der Waals surface area (Å²) in [4.78, 5) is 33.3. The molecule has 4 rings (SSSR count). The minimum Gasteiger partial charge on any atom is -0.334 e. The molecule has 1 atom stereocenters. The molecule has 0 bridgehead atoms. The number of fused-ring (bicyclic) bond motifs is 1. The van der Waals surface area contributed by atoms with E-state index in [1.54, 1.807) is 4.90 Å². The Bertz CT molecular complexity index is 950. The van der Waals surface area contributed by atoms with Gasteiger partial charge in [-0.25, -0.2) is 4.99 Å². The molecule has 2 aliphatic rings. The van der Waals surface area contributed by atoms with Gasteiger partial charge in [0.15, 0.2) is 5.17 Å². The van der Waals surface area contributed by atoms with Gasteiger partial charge in [0.05, 0.1) is 0 Å². The SMILES string of the molecule is Cc1ccc(N2CN=C3SC(CC(=O)Nc4ccccc4)C(=O)N3C2)cc1Cl. The van der Waals surface area contributed by atoms with Crippen molar-refractivity contribution in [1.82, 2.24) is 4.90 Å². The summed E-state index contributed by atoms with van der Waals surface area (Å²) in [6.07, 6.45) is 0.115. The molecule has 8 heteroatoms. The van der Waals surface area contributed by atoms with Gasteiger partial charge >= 0.3 is 0 Å². The highest BCUT2D eigenvalue weighted by atomic mass is 35.5. The van der Waals surface area contributed by atoms with Crippen molar-refractivity contribution in [2.24, 2.45) is 4.99 Å². The highest BCUT2D eigenvalue weighted by Gasteiger charge is 2.41. The number of para-hydroxylation sites is 1. The summed E-state index contributed by atoms with van der Waals surface area (Å²) < 4.78 is 0. The lowest BCUT2D eigenvalue weighted by molar-refractivity contribution is -0.128. The van der Waals surface area contributed by atoms with Gasteiger partial charge in [-0.2, -0.15) is 0 Å². The Kier molecular flexibility index (Phi) is 5.28. The number of hydrogen-bond acceptors (Lipinski definition) is 5. The normalized spacial score (nSPS) is 18.7. The second kappa shape index (κ2) is 7.85. The third-order valence-corrected chi connectivity index (χ3v) is 6.28. The van der Waals surface area contributed by atoms with Crippen LogP contribution < -0.4 is 10.2 Å². The van der Waals surface area contributed by atoms with E-state index >= 15 is 0 Å². The van der Waals surface area contributed by atoms with Gasteiger partial charge in [0, 0.05) is 22.8 Å². The number of rotatable bonds is 4. The van der Waals surface area contributed by atoms with Crippen LogP contribution in [0.1, 0.15) is 12.0 Å². The van der Waals surface area contributed by atoms with Crippen molar-refractivity contribution in [2.45, 2.75) is 18.6 Å². The molecule has 0 aliphatic carbocycles. The van der Waals surface area contributed by atoms with Crippen molar-refractivity contribution in [3.05, 3.63) is 59.1 Å². The molecule has 2 heterocycles. The average molecular weight is 415 g/mol. The number of carbonyl (C=O) groups is 2. The number of thioether (sulfide) groups is 1. The predicted molar refractivity (Wildman–Crippen MR) is 114 cm³/mol. The first-order valence-corrected chi connectivity index (χ1v) is 10.2. The third kappa shape index (κ3) is 3.86. The number of amides is 2. The molecule has 0 radical (unpaired) electrons. The smallest absolute Gasteiger partial charge is 0.244 e. The summed E-state index contributed by atoms with van der Waals surface area (Å²) in [5.74, 6) is -0.269.